The molecule has 8 heteroatoms. The van der Waals surface area contributed by atoms with Crippen molar-refractivity contribution < 1.29 is 26.7 Å². The van der Waals surface area contributed by atoms with Gasteiger partial charge in [-0.25, -0.2) is 8.78 Å². The van der Waals surface area contributed by atoms with Gasteiger partial charge in [0.15, 0.2) is 5.78 Å². The largest absolute Gasteiger partial charge is 0.390 e. The minimum absolute atomic E-state index is 0.0672. The topological polar surface area (TPSA) is 22.0 Å². The molecular weight excluding hydrogens is 401 g/mol. The summed E-state index contributed by atoms with van der Waals surface area (Å²) in [6, 6.07) is 4.86. The van der Waals surface area contributed by atoms with Crippen molar-refractivity contribution in [2.24, 2.45) is 5.92 Å². The van der Waals surface area contributed by atoms with Crippen LogP contribution in [0.25, 0.3) is 10.9 Å². The first-order chi connectivity index (χ1) is 13.1. The van der Waals surface area contributed by atoms with Crippen LogP contribution in [0.3, 0.4) is 0 Å². The van der Waals surface area contributed by atoms with Gasteiger partial charge in [-0.15, -0.1) is 0 Å². The van der Waals surface area contributed by atoms with Crippen LogP contribution in [0.15, 0.2) is 24.4 Å². The van der Waals surface area contributed by atoms with Crippen LogP contribution in [0.5, 0.6) is 0 Å². The summed E-state index contributed by atoms with van der Waals surface area (Å²) in [5.41, 5.74) is 0.779. The molecule has 1 aliphatic rings. The first kappa shape index (κ1) is 21.1. The molecule has 0 amide bonds. The minimum atomic E-state index is -4.30. The summed E-state index contributed by atoms with van der Waals surface area (Å²) < 4.78 is 65.7. The number of halogens is 6. The third-order valence-electron chi connectivity index (χ3n) is 5.41. The molecule has 1 aliphatic carbocycles. The number of carbonyl (C=O) groups is 1. The van der Waals surface area contributed by atoms with Crippen LogP contribution in [0, 0.1) is 5.92 Å². The van der Waals surface area contributed by atoms with E-state index in [2.05, 4.69) is 0 Å². The molecule has 0 N–H and O–H groups in total. The molecule has 1 heterocycles. The number of benzene rings is 1. The van der Waals surface area contributed by atoms with Gasteiger partial charge in [0.05, 0.1) is 17.0 Å². The Morgan fingerprint density at radius 1 is 1.21 bits per heavy atom. The Kier molecular flexibility index (Phi) is 6.03. The third kappa shape index (κ3) is 5.04. The lowest BCUT2D eigenvalue weighted by atomic mass is 9.83. The van der Waals surface area contributed by atoms with Gasteiger partial charge in [0, 0.05) is 43.0 Å². The number of aryl methyl sites for hydroxylation is 1. The van der Waals surface area contributed by atoms with Crippen molar-refractivity contribution in [3.05, 3.63) is 35.0 Å². The molecule has 1 aromatic carbocycles. The Morgan fingerprint density at radius 2 is 1.89 bits per heavy atom. The first-order valence-corrected chi connectivity index (χ1v) is 9.69. The highest BCUT2D eigenvalue weighted by Crippen LogP contribution is 2.38. The van der Waals surface area contributed by atoms with Gasteiger partial charge in [-0.2, -0.15) is 13.2 Å². The Labute approximate surface area is 164 Å². The molecule has 0 saturated heterocycles. The zero-order valence-electron chi connectivity index (χ0n) is 15.2. The molecule has 3 rings (SSSR count). The maximum absolute atomic E-state index is 13.3. The van der Waals surface area contributed by atoms with Crippen LogP contribution in [0.4, 0.5) is 22.0 Å². The SMILES string of the molecule is O=C(CCC1CCC(F)(F)CC1)c1cn(CCC(F)(F)F)c2cccc(Cl)c12. The molecule has 28 heavy (non-hydrogen) atoms. The zero-order valence-corrected chi connectivity index (χ0v) is 15.9. The van der Waals surface area contributed by atoms with Crippen molar-refractivity contribution in [3.8, 4) is 0 Å². The van der Waals surface area contributed by atoms with Crippen molar-refractivity contribution in [1.29, 1.82) is 0 Å². The fourth-order valence-corrected chi connectivity index (χ4v) is 4.08. The number of rotatable bonds is 6. The first-order valence-electron chi connectivity index (χ1n) is 9.31. The number of alkyl halides is 5. The van der Waals surface area contributed by atoms with Gasteiger partial charge in [0.2, 0.25) is 5.92 Å². The van der Waals surface area contributed by atoms with Gasteiger partial charge in [-0.3, -0.25) is 4.79 Å². The van der Waals surface area contributed by atoms with E-state index in [1.165, 1.54) is 10.8 Å². The van der Waals surface area contributed by atoms with E-state index in [1.54, 1.807) is 18.2 Å². The summed E-state index contributed by atoms with van der Waals surface area (Å²) in [6.07, 6.45) is -2.77. The fourth-order valence-electron chi connectivity index (χ4n) is 3.81. The minimum Gasteiger partial charge on any atom is -0.346 e. The number of aromatic nitrogens is 1. The lowest BCUT2D eigenvalue weighted by Crippen LogP contribution is -2.24. The lowest BCUT2D eigenvalue weighted by molar-refractivity contribution is -0.136. The Balaban J connectivity index is 1.75. The highest BCUT2D eigenvalue weighted by Gasteiger charge is 2.35. The smallest absolute Gasteiger partial charge is 0.346 e. The van der Waals surface area contributed by atoms with E-state index in [9.17, 15) is 26.7 Å². The second-order valence-electron chi connectivity index (χ2n) is 7.50. The molecular formula is C20H21ClF5NO. The van der Waals surface area contributed by atoms with E-state index in [1.807, 2.05) is 0 Å². The number of fused-ring (bicyclic) bond motifs is 1. The maximum atomic E-state index is 13.3. The highest BCUT2D eigenvalue weighted by atomic mass is 35.5. The van der Waals surface area contributed by atoms with Crippen molar-refractivity contribution in [1.82, 2.24) is 4.57 Å². The normalized spacial score (nSPS) is 17.9. The molecule has 0 bridgehead atoms. The quantitative estimate of drug-likeness (QED) is 0.362. The van der Waals surface area contributed by atoms with Crippen LogP contribution < -0.4 is 0 Å². The summed E-state index contributed by atoms with van der Waals surface area (Å²) in [5, 5.41) is 0.760. The van der Waals surface area contributed by atoms with Gasteiger partial charge in [-0.05, 0) is 37.3 Å². The number of hydrogen-bond acceptors (Lipinski definition) is 1. The summed E-state index contributed by atoms with van der Waals surface area (Å²) >= 11 is 6.22. The van der Waals surface area contributed by atoms with E-state index in [-0.39, 0.29) is 37.5 Å². The fraction of sp³-hybridized carbons (Fsp3) is 0.550. The molecule has 0 radical (unpaired) electrons. The molecule has 0 aliphatic heterocycles. The van der Waals surface area contributed by atoms with Gasteiger partial charge >= 0.3 is 6.18 Å². The molecule has 0 spiro atoms. The van der Waals surface area contributed by atoms with E-state index in [4.69, 9.17) is 11.6 Å². The summed E-state index contributed by atoms with van der Waals surface area (Å²) in [6.45, 7) is -0.300. The Morgan fingerprint density at radius 3 is 2.54 bits per heavy atom. The van der Waals surface area contributed by atoms with Crippen LogP contribution in [0.2, 0.25) is 5.02 Å². The Bertz CT molecular complexity index is 848. The molecule has 0 atom stereocenters. The van der Waals surface area contributed by atoms with E-state index in [0.29, 0.717) is 40.8 Å². The van der Waals surface area contributed by atoms with E-state index in [0.717, 1.165) is 0 Å². The third-order valence-corrected chi connectivity index (χ3v) is 5.72. The van der Waals surface area contributed by atoms with Crippen LogP contribution in [-0.2, 0) is 6.54 Å². The van der Waals surface area contributed by atoms with Crippen molar-refractivity contribution in [3.63, 3.8) is 0 Å². The molecule has 1 saturated carbocycles. The standard InChI is InChI=1S/C20H21ClF5NO/c21-15-2-1-3-16-18(15)14(12-27(16)11-10-20(24,25)26)17(28)5-4-13-6-8-19(22,23)9-7-13/h1-3,12-13H,4-11H2. The average molecular weight is 422 g/mol. The number of nitrogens with zero attached hydrogens (tertiary/aromatic N) is 1. The van der Waals surface area contributed by atoms with Crippen LogP contribution in [-0.4, -0.2) is 22.4 Å². The van der Waals surface area contributed by atoms with E-state index < -0.39 is 18.5 Å². The van der Waals surface area contributed by atoms with Gasteiger partial charge < -0.3 is 4.57 Å². The summed E-state index contributed by atoms with van der Waals surface area (Å²) in [7, 11) is 0. The van der Waals surface area contributed by atoms with Crippen molar-refractivity contribution in [2.45, 2.75) is 63.6 Å². The average Bonchev–Trinajstić information content (AvgIpc) is 2.98. The molecule has 1 aromatic heterocycles. The van der Waals surface area contributed by atoms with Crippen molar-refractivity contribution in [2.75, 3.05) is 0 Å². The molecule has 0 unspecified atom stereocenters. The predicted molar refractivity (Wildman–Crippen MR) is 98.1 cm³/mol. The lowest BCUT2D eigenvalue weighted by Gasteiger charge is -2.27. The monoisotopic (exact) mass is 421 g/mol. The van der Waals surface area contributed by atoms with Gasteiger partial charge in [0.1, 0.15) is 0 Å². The van der Waals surface area contributed by atoms with Gasteiger partial charge in [-0.1, -0.05) is 17.7 Å². The molecule has 2 nitrogen and oxygen atoms in total. The second kappa shape index (κ2) is 8.01. The van der Waals surface area contributed by atoms with Crippen molar-refractivity contribution >= 4 is 28.3 Å². The van der Waals surface area contributed by atoms with E-state index >= 15 is 0 Å². The summed E-state index contributed by atoms with van der Waals surface area (Å²) in [5.74, 6) is -2.77. The van der Waals surface area contributed by atoms with Crippen LogP contribution >= 0.6 is 11.6 Å². The number of ketones is 1. The maximum Gasteiger partial charge on any atom is 0.390 e. The molecule has 2 aromatic rings. The highest BCUT2D eigenvalue weighted by molar-refractivity contribution is 6.37. The van der Waals surface area contributed by atoms with Crippen LogP contribution in [0.1, 0.15) is 55.3 Å². The Hall–Kier alpha value is -1.63. The molecule has 154 valence electrons. The number of Topliss-reactive ketones (excluding diaryl/α,β-unsaturated/α-hetero) is 1. The number of carbonyl (C=O) groups excluding carboxylic acids is 1. The second-order valence-corrected chi connectivity index (χ2v) is 7.90. The number of hydrogen-bond donors (Lipinski definition) is 0. The van der Waals surface area contributed by atoms with Gasteiger partial charge in [0.25, 0.3) is 0 Å². The predicted octanol–water partition coefficient (Wildman–Crippen LogP) is 7.04. The summed E-state index contributed by atoms with van der Waals surface area (Å²) in [4.78, 5) is 12.8. The molecule has 1 fully saturated rings. The zero-order chi connectivity index (χ0) is 20.5.